The first-order valence-corrected chi connectivity index (χ1v) is 12.0. The zero-order chi connectivity index (χ0) is 25.2. The number of anilines is 1. The first-order chi connectivity index (χ1) is 17.4. The van der Waals surface area contributed by atoms with E-state index in [-0.39, 0.29) is 30.5 Å². The predicted molar refractivity (Wildman–Crippen MR) is 142 cm³/mol. The monoisotopic (exact) mass is 481 g/mol. The molecular formula is C29H27N3O4. The number of nitrogens with zero attached hydrogens (tertiary/aromatic N) is 2. The number of fused-ring (bicyclic) bond motifs is 3. The van der Waals surface area contributed by atoms with E-state index in [1.54, 1.807) is 18.2 Å². The van der Waals surface area contributed by atoms with Crippen LogP contribution in [0, 0.1) is 0 Å². The molecule has 1 amide bonds. The van der Waals surface area contributed by atoms with Gasteiger partial charge in [-0.3, -0.25) is 18.7 Å². The van der Waals surface area contributed by atoms with Crippen LogP contribution in [-0.4, -0.2) is 15.0 Å². The van der Waals surface area contributed by atoms with E-state index in [4.69, 9.17) is 4.42 Å². The van der Waals surface area contributed by atoms with Gasteiger partial charge in [-0.15, -0.1) is 0 Å². The number of amides is 1. The molecule has 3 aromatic carbocycles. The summed E-state index contributed by atoms with van der Waals surface area (Å²) in [6.07, 6.45) is 0.496. The van der Waals surface area contributed by atoms with Gasteiger partial charge in [0.25, 0.3) is 5.56 Å². The second kappa shape index (κ2) is 9.70. The Morgan fingerprint density at radius 3 is 2.36 bits per heavy atom. The predicted octanol–water partition coefficient (Wildman–Crippen LogP) is 4.91. The Morgan fingerprint density at radius 2 is 1.58 bits per heavy atom. The number of benzene rings is 3. The number of nitrogens with one attached hydrogen (secondary N) is 1. The normalized spacial score (nSPS) is 11.4. The minimum atomic E-state index is -0.540. The Hall–Kier alpha value is -4.39. The first kappa shape index (κ1) is 23.4. The summed E-state index contributed by atoms with van der Waals surface area (Å²) in [7, 11) is 0. The van der Waals surface area contributed by atoms with Crippen LogP contribution >= 0.6 is 0 Å². The van der Waals surface area contributed by atoms with Gasteiger partial charge >= 0.3 is 5.69 Å². The summed E-state index contributed by atoms with van der Waals surface area (Å²) in [4.78, 5) is 40.2. The van der Waals surface area contributed by atoms with Crippen LogP contribution in [0.1, 0.15) is 30.9 Å². The minimum Gasteiger partial charge on any atom is -0.449 e. The van der Waals surface area contributed by atoms with Gasteiger partial charge in [0.2, 0.25) is 11.5 Å². The van der Waals surface area contributed by atoms with Crippen LogP contribution in [0.15, 0.2) is 92.9 Å². The zero-order valence-corrected chi connectivity index (χ0v) is 20.2. The lowest BCUT2D eigenvalue weighted by atomic mass is 10.0. The van der Waals surface area contributed by atoms with E-state index in [2.05, 4.69) is 19.2 Å². The van der Waals surface area contributed by atoms with Crippen molar-refractivity contribution in [1.29, 1.82) is 0 Å². The highest BCUT2D eigenvalue weighted by Crippen LogP contribution is 2.26. The highest BCUT2D eigenvalue weighted by Gasteiger charge is 2.21. The molecular weight excluding hydrogens is 454 g/mol. The number of furan rings is 1. The molecule has 2 heterocycles. The van der Waals surface area contributed by atoms with Crippen molar-refractivity contribution in [2.75, 3.05) is 5.32 Å². The minimum absolute atomic E-state index is 0.0687. The number of rotatable bonds is 7. The standard InChI is InChI=1S/C29H27N3O4/c1-19(2)21-12-6-8-14-23(21)30-25(33)18-32-26-22-13-7-9-15-24(22)36-27(26)28(34)31(29(32)35)17-16-20-10-4-3-5-11-20/h3-15,19H,16-18H2,1-2H3,(H,30,33). The van der Waals surface area contributed by atoms with Crippen LogP contribution in [0.3, 0.4) is 0 Å². The molecule has 0 aliphatic carbocycles. The van der Waals surface area contributed by atoms with E-state index in [1.165, 1.54) is 4.57 Å². The van der Waals surface area contributed by atoms with E-state index >= 15 is 0 Å². The molecule has 0 atom stereocenters. The Morgan fingerprint density at radius 1 is 0.889 bits per heavy atom. The fourth-order valence-corrected chi connectivity index (χ4v) is 4.57. The Bertz CT molecular complexity index is 1680. The van der Waals surface area contributed by atoms with Crippen molar-refractivity contribution in [2.24, 2.45) is 0 Å². The molecule has 0 radical (unpaired) electrons. The van der Waals surface area contributed by atoms with E-state index in [1.807, 2.05) is 60.7 Å². The van der Waals surface area contributed by atoms with E-state index < -0.39 is 11.2 Å². The van der Waals surface area contributed by atoms with Gasteiger partial charge in [0.1, 0.15) is 17.6 Å². The molecule has 36 heavy (non-hydrogen) atoms. The third kappa shape index (κ3) is 4.35. The maximum Gasteiger partial charge on any atom is 0.332 e. The molecule has 0 aliphatic rings. The average Bonchev–Trinajstić information content (AvgIpc) is 3.27. The number of hydrogen-bond acceptors (Lipinski definition) is 4. The summed E-state index contributed by atoms with van der Waals surface area (Å²) >= 11 is 0. The van der Waals surface area contributed by atoms with Crippen molar-refractivity contribution >= 4 is 33.7 Å². The number of para-hydroxylation sites is 2. The van der Waals surface area contributed by atoms with Gasteiger partial charge in [-0.1, -0.05) is 74.5 Å². The molecule has 0 saturated heterocycles. The molecule has 182 valence electrons. The fraction of sp³-hybridized carbons (Fsp3) is 0.207. The topological polar surface area (TPSA) is 86.2 Å². The molecule has 5 aromatic rings. The van der Waals surface area contributed by atoms with E-state index in [0.29, 0.717) is 28.6 Å². The summed E-state index contributed by atoms with van der Waals surface area (Å²) in [5.74, 6) is -0.140. The van der Waals surface area contributed by atoms with Gasteiger partial charge in [0.15, 0.2) is 0 Å². The fourth-order valence-electron chi connectivity index (χ4n) is 4.57. The Labute approximate surface area is 207 Å². The van der Waals surface area contributed by atoms with Crippen molar-refractivity contribution in [3.8, 4) is 0 Å². The average molecular weight is 482 g/mol. The Kier molecular flexibility index (Phi) is 6.29. The van der Waals surface area contributed by atoms with Crippen LogP contribution in [-0.2, 0) is 24.3 Å². The summed E-state index contributed by atoms with van der Waals surface area (Å²) < 4.78 is 8.41. The maximum absolute atomic E-state index is 13.6. The maximum atomic E-state index is 13.6. The highest BCUT2D eigenvalue weighted by atomic mass is 16.3. The van der Waals surface area contributed by atoms with Gasteiger partial charge in [0.05, 0.1) is 0 Å². The van der Waals surface area contributed by atoms with Crippen molar-refractivity contribution in [2.45, 2.75) is 39.3 Å². The molecule has 0 spiro atoms. The largest absolute Gasteiger partial charge is 0.449 e. The second-order valence-corrected chi connectivity index (χ2v) is 9.13. The summed E-state index contributed by atoms with van der Waals surface area (Å²) in [5.41, 5.74) is 2.57. The van der Waals surface area contributed by atoms with Gasteiger partial charge in [-0.25, -0.2) is 4.79 Å². The van der Waals surface area contributed by atoms with Crippen molar-refractivity contribution in [3.05, 3.63) is 111 Å². The lowest BCUT2D eigenvalue weighted by Gasteiger charge is -2.15. The number of aryl methyl sites for hydroxylation is 1. The zero-order valence-electron chi connectivity index (χ0n) is 20.2. The first-order valence-electron chi connectivity index (χ1n) is 12.0. The Balaban J connectivity index is 1.59. The van der Waals surface area contributed by atoms with Gasteiger partial charge < -0.3 is 9.73 Å². The quantitative estimate of drug-likeness (QED) is 0.358. The van der Waals surface area contributed by atoms with Gasteiger partial charge in [-0.2, -0.15) is 0 Å². The van der Waals surface area contributed by atoms with Crippen LogP contribution in [0.5, 0.6) is 0 Å². The van der Waals surface area contributed by atoms with E-state index in [9.17, 15) is 14.4 Å². The molecule has 0 fully saturated rings. The molecule has 2 aromatic heterocycles. The smallest absolute Gasteiger partial charge is 0.332 e. The molecule has 7 heteroatoms. The summed E-state index contributed by atoms with van der Waals surface area (Å²) in [6.45, 7) is 4.03. The second-order valence-electron chi connectivity index (χ2n) is 9.13. The molecule has 0 saturated carbocycles. The molecule has 0 aliphatic heterocycles. The van der Waals surface area contributed by atoms with Crippen molar-refractivity contribution < 1.29 is 9.21 Å². The van der Waals surface area contributed by atoms with Crippen LogP contribution in [0.2, 0.25) is 0 Å². The molecule has 7 nitrogen and oxygen atoms in total. The molecule has 0 bridgehead atoms. The highest BCUT2D eigenvalue weighted by molar-refractivity contribution is 6.03. The van der Waals surface area contributed by atoms with Gasteiger partial charge in [0, 0.05) is 17.6 Å². The van der Waals surface area contributed by atoms with Gasteiger partial charge in [-0.05, 0) is 41.7 Å². The number of aromatic nitrogens is 2. The van der Waals surface area contributed by atoms with Crippen molar-refractivity contribution in [1.82, 2.24) is 9.13 Å². The van der Waals surface area contributed by atoms with Crippen LogP contribution < -0.4 is 16.6 Å². The lowest BCUT2D eigenvalue weighted by Crippen LogP contribution is -2.41. The summed E-state index contributed by atoms with van der Waals surface area (Å²) in [6, 6.07) is 24.4. The number of carbonyl (C=O) groups excluding carboxylic acids is 1. The molecule has 1 N–H and O–H groups in total. The molecule has 5 rings (SSSR count). The molecule has 0 unspecified atom stereocenters. The number of hydrogen-bond donors (Lipinski definition) is 1. The SMILES string of the molecule is CC(C)c1ccccc1NC(=O)Cn1c(=O)n(CCc2ccccc2)c(=O)c2oc3ccccc3c21. The third-order valence-corrected chi connectivity index (χ3v) is 6.37. The van der Waals surface area contributed by atoms with Crippen LogP contribution in [0.4, 0.5) is 5.69 Å². The van der Waals surface area contributed by atoms with E-state index in [0.717, 1.165) is 15.7 Å². The van der Waals surface area contributed by atoms with Crippen molar-refractivity contribution in [3.63, 3.8) is 0 Å². The lowest BCUT2D eigenvalue weighted by molar-refractivity contribution is -0.116. The third-order valence-electron chi connectivity index (χ3n) is 6.37. The summed E-state index contributed by atoms with van der Waals surface area (Å²) in [5, 5.41) is 3.57. The van der Waals surface area contributed by atoms with Crippen LogP contribution in [0.25, 0.3) is 22.1 Å². The number of carbonyl (C=O) groups is 1.